The number of pyridine rings is 1. The molecule has 1 rings (SSSR count). The first-order valence-corrected chi connectivity index (χ1v) is 4.09. The van der Waals surface area contributed by atoms with Crippen LogP contribution in [-0.2, 0) is 11.3 Å². The maximum absolute atomic E-state index is 10.9. The molecule has 1 heterocycles. The Morgan fingerprint density at radius 2 is 2.15 bits per heavy atom. The maximum Gasteiger partial charge on any atom is 0.222 e. The van der Waals surface area contributed by atoms with Crippen molar-refractivity contribution in [3.05, 3.63) is 30.1 Å². The molecule has 0 radical (unpaired) electrons. The molecular formula is C9H12N2O2. The summed E-state index contributed by atoms with van der Waals surface area (Å²) in [7, 11) is 0. The molecule has 0 aliphatic carbocycles. The summed E-state index contributed by atoms with van der Waals surface area (Å²) in [6.07, 6.45) is 3.51. The Labute approximate surface area is 76.6 Å². The van der Waals surface area contributed by atoms with Gasteiger partial charge in [0.15, 0.2) is 0 Å². The van der Waals surface area contributed by atoms with Crippen molar-refractivity contribution in [1.82, 2.24) is 10.3 Å². The molecule has 1 aromatic rings. The van der Waals surface area contributed by atoms with Crippen LogP contribution in [0.1, 0.15) is 12.0 Å². The van der Waals surface area contributed by atoms with E-state index in [0.29, 0.717) is 6.54 Å². The van der Waals surface area contributed by atoms with Gasteiger partial charge in [-0.05, 0) is 17.7 Å². The number of carbonyl (C=O) groups is 1. The number of hydrogen-bond acceptors (Lipinski definition) is 3. The van der Waals surface area contributed by atoms with Crippen LogP contribution in [0.2, 0.25) is 0 Å². The summed E-state index contributed by atoms with van der Waals surface area (Å²) in [5.41, 5.74) is 1.00. The zero-order chi connectivity index (χ0) is 9.52. The van der Waals surface area contributed by atoms with E-state index < -0.39 is 0 Å². The van der Waals surface area contributed by atoms with E-state index in [1.54, 1.807) is 12.4 Å². The first-order chi connectivity index (χ1) is 6.33. The molecule has 1 aromatic heterocycles. The molecule has 0 bridgehead atoms. The Hall–Kier alpha value is -1.42. The van der Waals surface area contributed by atoms with E-state index >= 15 is 0 Å². The molecule has 70 valence electrons. The van der Waals surface area contributed by atoms with Crippen molar-refractivity contribution in [2.75, 3.05) is 6.61 Å². The molecule has 4 nitrogen and oxygen atoms in total. The summed E-state index contributed by atoms with van der Waals surface area (Å²) in [5, 5.41) is 11.1. The number of carbonyl (C=O) groups excluding carboxylic acids is 1. The minimum absolute atomic E-state index is 0.109. The lowest BCUT2D eigenvalue weighted by Gasteiger charge is -2.02. The predicted octanol–water partition coefficient (Wildman–Crippen LogP) is 0.0802. The van der Waals surface area contributed by atoms with Crippen molar-refractivity contribution in [1.29, 1.82) is 0 Å². The number of rotatable bonds is 4. The zero-order valence-electron chi connectivity index (χ0n) is 7.23. The van der Waals surface area contributed by atoms with Crippen LogP contribution in [0.15, 0.2) is 24.5 Å². The van der Waals surface area contributed by atoms with Gasteiger partial charge in [-0.15, -0.1) is 0 Å². The molecule has 0 aliphatic rings. The van der Waals surface area contributed by atoms with Crippen molar-refractivity contribution in [2.45, 2.75) is 13.0 Å². The fourth-order valence-electron chi connectivity index (χ4n) is 0.891. The number of nitrogens with zero attached hydrogens (tertiary/aromatic N) is 1. The van der Waals surface area contributed by atoms with Gasteiger partial charge in [0.2, 0.25) is 5.91 Å². The van der Waals surface area contributed by atoms with Crippen LogP contribution >= 0.6 is 0 Å². The largest absolute Gasteiger partial charge is 0.396 e. The number of nitrogens with one attached hydrogen (secondary N) is 1. The van der Waals surface area contributed by atoms with Gasteiger partial charge in [-0.25, -0.2) is 0 Å². The Balaban J connectivity index is 2.31. The lowest BCUT2D eigenvalue weighted by Crippen LogP contribution is -2.23. The van der Waals surface area contributed by atoms with E-state index in [2.05, 4.69) is 10.3 Å². The van der Waals surface area contributed by atoms with Gasteiger partial charge >= 0.3 is 0 Å². The second-order valence-electron chi connectivity index (χ2n) is 2.61. The van der Waals surface area contributed by atoms with Gasteiger partial charge in [0.25, 0.3) is 0 Å². The van der Waals surface area contributed by atoms with Crippen LogP contribution in [0.5, 0.6) is 0 Å². The van der Waals surface area contributed by atoms with E-state index in [-0.39, 0.29) is 18.9 Å². The number of hydrogen-bond donors (Lipinski definition) is 2. The second kappa shape index (κ2) is 5.27. The molecule has 1 amide bonds. The van der Waals surface area contributed by atoms with Crippen LogP contribution in [0.25, 0.3) is 0 Å². The number of amides is 1. The van der Waals surface area contributed by atoms with Crippen molar-refractivity contribution in [2.24, 2.45) is 0 Å². The second-order valence-corrected chi connectivity index (χ2v) is 2.61. The summed E-state index contributed by atoms with van der Waals surface area (Å²) in [4.78, 5) is 14.8. The van der Waals surface area contributed by atoms with Gasteiger partial charge in [-0.3, -0.25) is 9.78 Å². The van der Waals surface area contributed by atoms with Gasteiger partial charge in [-0.1, -0.05) is 0 Å². The highest BCUT2D eigenvalue weighted by molar-refractivity contribution is 5.75. The third-order valence-corrected chi connectivity index (χ3v) is 1.58. The van der Waals surface area contributed by atoms with E-state index in [4.69, 9.17) is 5.11 Å². The quantitative estimate of drug-likeness (QED) is 0.689. The Bertz CT molecular complexity index is 262. The molecule has 0 aromatic carbocycles. The average Bonchev–Trinajstić information content (AvgIpc) is 2.17. The summed E-state index contributed by atoms with van der Waals surface area (Å²) in [6.45, 7) is 0.379. The fraction of sp³-hybridized carbons (Fsp3) is 0.333. The van der Waals surface area contributed by atoms with E-state index in [9.17, 15) is 4.79 Å². The van der Waals surface area contributed by atoms with Crippen LogP contribution in [-0.4, -0.2) is 22.6 Å². The van der Waals surface area contributed by atoms with Gasteiger partial charge in [0.05, 0.1) is 6.61 Å². The molecule has 0 saturated carbocycles. The summed E-state index contributed by atoms with van der Waals surface area (Å²) >= 11 is 0. The topological polar surface area (TPSA) is 62.2 Å². The summed E-state index contributed by atoms with van der Waals surface area (Å²) in [5.74, 6) is -0.140. The molecule has 13 heavy (non-hydrogen) atoms. The third kappa shape index (κ3) is 3.66. The zero-order valence-corrected chi connectivity index (χ0v) is 7.23. The highest BCUT2D eigenvalue weighted by Gasteiger charge is 1.98. The molecule has 0 unspecified atom stereocenters. The first-order valence-electron chi connectivity index (χ1n) is 4.09. The molecule has 2 N–H and O–H groups in total. The number of aliphatic hydroxyl groups excluding tert-OH is 1. The summed E-state index contributed by atoms with van der Waals surface area (Å²) in [6, 6.07) is 3.67. The minimum atomic E-state index is -0.140. The monoisotopic (exact) mass is 180 g/mol. The van der Waals surface area contributed by atoms with Crippen LogP contribution in [0.4, 0.5) is 0 Å². The highest BCUT2D eigenvalue weighted by Crippen LogP contribution is 1.94. The Kier molecular flexibility index (Phi) is 3.92. The van der Waals surface area contributed by atoms with Crippen molar-refractivity contribution >= 4 is 5.91 Å². The van der Waals surface area contributed by atoms with Gasteiger partial charge in [0.1, 0.15) is 0 Å². The van der Waals surface area contributed by atoms with Crippen LogP contribution < -0.4 is 5.32 Å². The molecule has 4 heteroatoms. The molecule has 0 fully saturated rings. The third-order valence-electron chi connectivity index (χ3n) is 1.58. The standard InChI is InChI=1S/C9H12N2O2/c12-6-3-9(13)11-7-8-1-4-10-5-2-8/h1-2,4-5,12H,3,6-7H2,(H,11,13). The van der Waals surface area contributed by atoms with E-state index in [0.717, 1.165) is 5.56 Å². The Morgan fingerprint density at radius 1 is 1.46 bits per heavy atom. The summed E-state index contributed by atoms with van der Waals surface area (Å²) < 4.78 is 0. The van der Waals surface area contributed by atoms with Gasteiger partial charge in [-0.2, -0.15) is 0 Å². The van der Waals surface area contributed by atoms with Crippen molar-refractivity contribution < 1.29 is 9.90 Å². The average molecular weight is 180 g/mol. The lowest BCUT2D eigenvalue weighted by atomic mass is 10.2. The Morgan fingerprint density at radius 3 is 2.77 bits per heavy atom. The number of aliphatic hydroxyl groups is 1. The number of aromatic nitrogens is 1. The van der Waals surface area contributed by atoms with Crippen LogP contribution in [0, 0.1) is 0 Å². The maximum atomic E-state index is 10.9. The van der Waals surface area contributed by atoms with Crippen molar-refractivity contribution in [3.8, 4) is 0 Å². The van der Waals surface area contributed by atoms with E-state index in [1.807, 2.05) is 12.1 Å². The highest BCUT2D eigenvalue weighted by atomic mass is 16.3. The molecule has 0 aliphatic heterocycles. The molecule has 0 atom stereocenters. The normalized spacial score (nSPS) is 9.62. The SMILES string of the molecule is O=C(CCO)NCc1ccncc1. The smallest absolute Gasteiger partial charge is 0.222 e. The van der Waals surface area contributed by atoms with Gasteiger partial charge < -0.3 is 10.4 Å². The van der Waals surface area contributed by atoms with E-state index in [1.165, 1.54) is 0 Å². The molecular weight excluding hydrogens is 168 g/mol. The van der Waals surface area contributed by atoms with Crippen molar-refractivity contribution in [3.63, 3.8) is 0 Å². The van der Waals surface area contributed by atoms with Gasteiger partial charge in [0, 0.05) is 25.4 Å². The van der Waals surface area contributed by atoms with Crippen LogP contribution in [0.3, 0.4) is 0 Å². The first kappa shape index (κ1) is 9.67. The minimum Gasteiger partial charge on any atom is -0.396 e. The fourth-order valence-corrected chi connectivity index (χ4v) is 0.891. The molecule has 0 spiro atoms. The predicted molar refractivity (Wildman–Crippen MR) is 47.8 cm³/mol. The lowest BCUT2D eigenvalue weighted by molar-refractivity contribution is -0.121. The molecule has 0 saturated heterocycles.